The maximum absolute atomic E-state index is 13.6. The summed E-state index contributed by atoms with van der Waals surface area (Å²) < 4.78 is 65.7. The molecule has 0 heterocycles. The molecule has 0 aliphatic carbocycles. The maximum Gasteiger partial charge on any atom is 0.416 e. The summed E-state index contributed by atoms with van der Waals surface area (Å²) in [5.41, 5.74) is -0.957. The van der Waals surface area contributed by atoms with Crippen molar-refractivity contribution < 1.29 is 31.2 Å². The lowest BCUT2D eigenvalue weighted by molar-refractivity contribution is -0.140. The third-order valence-corrected chi connectivity index (χ3v) is 7.61. The lowest BCUT2D eigenvalue weighted by Gasteiger charge is -2.33. The topological polar surface area (TPSA) is 86.8 Å². The first-order chi connectivity index (χ1) is 17.6. The highest BCUT2D eigenvalue weighted by atomic mass is 35.5. The molecule has 2 amide bonds. The van der Waals surface area contributed by atoms with Crippen LogP contribution >= 0.6 is 23.2 Å². The van der Waals surface area contributed by atoms with Crippen molar-refractivity contribution in [1.82, 2.24) is 10.2 Å². The largest absolute Gasteiger partial charge is 0.416 e. The Bertz CT molecular complexity index is 1260. The third kappa shape index (κ3) is 8.51. The Labute approximate surface area is 230 Å². The van der Waals surface area contributed by atoms with Crippen LogP contribution in [0.3, 0.4) is 0 Å². The summed E-state index contributed by atoms with van der Waals surface area (Å²) in [6, 6.07) is 7.07. The maximum atomic E-state index is 13.6. The van der Waals surface area contributed by atoms with Crippen LogP contribution in [0.15, 0.2) is 42.5 Å². The molecule has 2 atom stereocenters. The second-order valence-corrected chi connectivity index (χ2v) is 11.6. The lowest BCUT2D eigenvalue weighted by atomic mass is 10.1. The second-order valence-electron chi connectivity index (χ2n) is 8.82. The Hall–Kier alpha value is -2.50. The molecule has 2 rings (SSSR count). The molecule has 0 spiro atoms. The van der Waals surface area contributed by atoms with E-state index in [2.05, 4.69) is 5.32 Å². The van der Waals surface area contributed by atoms with Crippen molar-refractivity contribution in [1.29, 1.82) is 0 Å². The highest BCUT2D eigenvalue weighted by molar-refractivity contribution is 7.92. The predicted molar refractivity (Wildman–Crippen MR) is 143 cm³/mol. The van der Waals surface area contributed by atoms with Gasteiger partial charge in [-0.3, -0.25) is 13.9 Å². The van der Waals surface area contributed by atoms with Crippen molar-refractivity contribution in [3.05, 3.63) is 63.6 Å². The summed E-state index contributed by atoms with van der Waals surface area (Å²) in [6.07, 6.45) is -3.12. The zero-order valence-corrected chi connectivity index (χ0v) is 23.7. The monoisotopic (exact) mass is 595 g/mol. The molecule has 7 nitrogen and oxygen atoms in total. The first-order valence-electron chi connectivity index (χ1n) is 11.8. The Morgan fingerprint density at radius 3 is 2.24 bits per heavy atom. The molecule has 0 bridgehead atoms. The van der Waals surface area contributed by atoms with Crippen LogP contribution in [-0.4, -0.2) is 50.0 Å². The fourth-order valence-electron chi connectivity index (χ4n) is 3.65. The lowest BCUT2D eigenvalue weighted by Crippen LogP contribution is -2.53. The van der Waals surface area contributed by atoms with Crippen molar-refractivity contribution in [2.24, 2.45) is 0 Å². The summed E-state index contributed by atoms with van der Waals surface area (Å²) >= 11 is 12.3. The summed E-state index contributed by atoms with van der Waals surface area (Å²) in [5, 5.41) is 3.40. The number of alkyl halides is 3. The van der Waals surface area contributed by atoms with Gasteiger partial charge in [0.1, 0.15) is 12.6 Å². The number of hydrogen-bond acceptors (Lipinski definition) is 4. The highest BCUT2D eigenvalue weighted by Crippen LogP contribution is 2.32. The van der Waals surface area contributed by atoms with Gasteiger partial charge in [-0.15, -0.1) is 0 Å². The number of carbonyl (C=O) groups excluding carboxylic acids is 2. The van der Waals surface area contributed by atoms with Gasteiger partial charge in [-0.25, -0.2) is 8.42 Å². The van der Waals surface area contributed by atoms with Crippen LogP contribution in [0.4, 0.5) is 18.9 Å². The SMILES string of the molecule is CC[C@@H](C)NC(=O)[C@@H](CC)N(Cc1ccc(Cl)cc1Cl)C(=O)CN(c1cccc(C(F)(F)F)c1)S(C)(=O)=O. The smallest absolute Gasteiger partial charge is 0.352 e. The number of rotatable bonds is 11. The van der Waals surface area contributed by atoms with Crippen LogP contribution < -0.4 is 9.62 Å². The molecule has 0 fully saturated rings. The molecule has 13 heteroatoms. The molecule has 0 aliphatic rings. The molecule has 0 radical (unpaired) electrons. The van der Waals surface area contributed by atoms with E-state index in [0.29, 0.717) is 27.4 Å². The molecule has 0 saturated carbocycles. The van der Waals surface area contributed by atoms with Crippen LogP contribution in [0, 0.1) is 0 Å². The number of nitrogens with one attached hydrogen (secondary N) is 1. The number of carbonyl (C=O) groups is 2. The molecule has 0 unspecified atom stereocenters. The fourth-order valence-corrected chi connectivity index (χ4v) is 4.95. The van der Waals surface area contributed by atoms with Gasteiger partial charge in [0.2, 0.25) is 21.8 Å². The molecular weight excluding hydrogens is 566 g/mol. The molecule has 0 aliphatic heterocycles. The van der Waals surface area contributed by atoms with Crippen molar-refractivity contribution in [2.75, 3.05) is 17.1 Å². The minimum Gasteiger partial charge on any atom is -0.352 e. The summed E-state index contributed by atoms with van der Waals surface area (Å²) in [5.74, 6) is -1.25. The van der Waals surface area contributed by atoms with Crippen LogP contribution in [0.2, 0.25) is 10.0 Å². The zero-order chi connectivity index (χ0) is 28.8. The van der Waals surface area contributed by atoms with Gasteiger partial charge in [0.15, 0.2) is 0 Å². The van der Waals surface area contributed by atoms with E-state index in [0.717, 1.165) is 24.5 Å². The van der Waals surface area contributed by atoms with Gasteiger partial charge < -0.3 is 10.2 Å². The zero-order valence-electron chi connectivity index (χ0n) is 21.4. The quantitative estimate of drug-likeness (QED) is 0.371. The number of anilines is 1. The number of sulfonamides is 1. The van der Waals surface area contributed by atoms with Crippen molar-refractivity contribution in [3.8, 4) is 0 Å². The van der Waals surface area contributed by atoms with E-state index >= 15 is 0 Å². The Morgan fingerprint density at radius 2 is 1.71 bits per heavy atom. The summed E-state index contributed by atoms with van der Waals surface area (Å²) in [6.45, 7) is 4.36. The molecule has 2 aromatic rings. The highest BCUT2D eigenvalue weighted by Gasteiger charge is 2.34. The van der Waals surface area contributed by atoms with E-state index in [4.69, 9.17) is 23.2 Å². The van der Waals surface area contributed by atoms with Gasteiger partial charge in [0, 0.05) is 22.6 Å². The molecule has 0 aromatic heterocycles. The minimum atomic E-state index is -4.72. The number of amides is 2. The van der Waals surface area contributed by atoms with Crippen molar-refractivity contribution in [3.63, 3.8) is 0 Å². The first kappa shape index (κ1) is 31.7. The summed E-state index contributed by atoms with van der Waals surface area (Å²) in [7, 11) is -4.20. The van der Waals surface area contributed by atoms with Crippen molar-refractivity contribution in [2.45, 2.75) is 58.4 Å². The van der Waals surface area contributed by atoms with Gasteiger partial charge in [0.05, 0.1) is 17.5 Å². The average molecular weight is 596 g/mol. The molecular formula is C25H30Cl2F3N3O4S. The van der Waals surface area contributed by atoms with Crippen LogP contribution in [0.5, 0.6) is 0 Å². The fraction of sp³-hybridized carbons (Fsp3) is 0.440. The summed E-state index contributed by atoms with van der Waals surface area (Å²) in [4.78, 5) is 27.9. The first-order valence-corrected chi connectivity index (χ1v) is 14.4. The predicted octanol–water partition coefficient (Wildman–Crippen LogP) is 5.50. The third-order valence-electron chi connectivity index (χ3n) is 5.88. The van der Waals surface area contributed by atoms with Crippen molar-refractivity contribution >= 4 is 50.7 Å². The van der Waals surface area contributed by atoms with E-state index < -0.39 is 46.2 Å². The van der Waals surface area contributed by atoms with E-state index in [1.54, 1.807) is 26.0 Å². The van der Waals surface area contributed by atoms with Gasteiger partial charge in [-0.05, 0) is 55.7 Å². The van der Waals surface area contributed by atoms with Gasteiger partial charge >= 0.3 is 6.18 Å². The molecule has 1 N–H and O–H groups in total. The normalized spacial score (nSPS) is 13.5. The standard InChI is InChI=1S/C25H30Cl2F3N3O4S/c1-5-16(3)31-24(35)22(6-2)32(14-17-10-11-19(26)13-21(17)27)23(34)15-33(38(4,36)37)20-9-7-8-18(12-20)25(28,29)30/h7-13,16,22H,5-6,14-15H2,1-4H3,(H,31,35)/t16-,22-/m1/s1. The number of benzene rings is 2. The average Bonchev–Trinajstić information content (AvgIpc) is 2.82. The second kappa shape index (κ2) is 13.0. The van der Waals surface area contributed by atoms with Gasteiger partial charge in [-0.2, -0.15) is 13.2 Å². The minimum absolute atomic E-state index is 0.165. The number of hydrogen-bond donors (Lipinski definition) is 1. The van der Waals surface area contributed by atoms with E-state index in [9.17, 15) is 31.2 Å². The van der Waals surface area contributed by atoms with E-state index in [1.165, 1.54) is 11.0 Å². The van der Waals surface area contributed by atoms with Gasteiger partial charge in [0.25, 0.3) is 0 Å². The van der Waals surface area contributed by atoms with Crippen LogP contribution in [0.1, 0.15) is 44.7 Å². The van der Waals surface area contributed by atoms with E-state index in [1.807, 2.05) is 6.92 Å². The molecule has 38 heavy (non-hydrogen) atoms. The number of halogens is 5. The Balaban J connectivity index is 2.53. The molecule has 2 aromatic carbocycles. The van der Waals surface area contributed by atoms with Gasteiger partial charge in [-0.1, -0.05) is 49.2 Å². The van der Waals surface area contributed by atoms with E-state index in [-0.39, 0.29) is 29.7 Å². The van der Waals surface area contributed by atoms with Crippen LogP contribution in [0.25, 0.3) is 0 Å². The van der Waals surface area contributed by atoms with Crippen LogP contribution in [-0.2, 0) is 32.3 Å². The molecule has 210 valence electrons. The Morgan fingerprint density at radius 1 is 1.05 bits per heavy atom. The number of nitrogens with zero attached hydrogens (tertiary/aromatic N) is 2. The molecule has 0 saturated heterocycles. The Kier molecular flexibility index (Phi) is 10.9.